The molecule has 2 aromatic carbocycles. The van der Waals surface area contributed by atoms with Crippen LogP contribution in [0.25, 0.3) is 10.8 Å². The fourth-order valence-electron chi connectivity index (χ4n) is 2.91. The Morgan fingerprint density at radius 3 is 2.76 bits per heavy atom. The van der Waals surface area contributed by atoms with Crippen molar-refractivity contribution in [3.05, 3.63) is 48.3 Å². The summed E-state index contributed by atoms with van der Waals surface area (Å²) >= 11 is 1.45. The van der Waals surface area contributed by atoms with Crippen LogP contribution in [0.2, 0.25) is 0 Å². The van der Waals surface area contributed by atoms with Crippen LogP contribution in [0.5, 0.6) is 0 Å². The molecule has 1 fully saturated rings. The predicted molar refractivity (Wildman–Crippen MR) is 101 cm³/mol. The van der Waals surface area contributed by atoms with Crippen molar-refractivity contribution in [2.45, 2.75) is 36.1 Å². The van der Waals surface area contributed by atoms with Crippen LogP contribution in [0, 0.1) is 0 Å². The van der Waals surface area contributed by atoms with E-state index in [1.54, 1.807) is 0 Å². The molecule has 0 saturated heterocycles. The summed E-state index contributed by atoms with van der Waals surface area (Å²) in [6, 6.07) is 14.0. The number of carbonyl (C=O) groups excluding carboxylic acids is 1. The maximum Gasteiger partial charge on any atom is 0.237 e. The molecule has 1 aliphatic rings. The van der Waals surface area contributed by atoms with Gasteiger partial charge in [0.25, 0.3) is 0 Å². The van der Waals surface area contributed by atoms with E-state index in [4.69, 9.17) is 0 Å². The van der Waals surface area contributed by atoms with Gasteiger partial charge in [-0.2, -0.15) is 0 Å². The fraction of sp³-hybridized carbons (Fsp3) is 0.316. The Morgan fingerprint density at radius 1 is 1.20 bits per heavy atom. The van der Waals surface area contributed by atoms with Crippen LogP contribution in [0.3, 0.4) is 0 Å². The molecule has 1 N–H and O–H groups in total. The lowest BCUT2D eigenvalue weighted by Crippen LogP contribution is -2.23. The van der Waals surface area contributed by atoms with Crippen molar-refractivity contribution >= 4 is 34.1 Å². The SMILES string of the molecule is C[C@H](Sc1nnc(C2CC2)n1C)C(=O)Nc1cccc2ccccc12. The highest BCUT2D eigenvalue weighted by Gasteiger charge is 2.30. The van der Waals surface area contributed by atoms with Crippen LogP contribution >= 0.6 is 11.8 Å². The van der Waals surface area contributed by atoms with E-state index in [0.29, 0.717) is 5.92 Å². The van der Waals surface area contributed by atoms with E-state index in [2.05, 4.69) is 15.5 Å². The molecule has 0 aliphatic heterocycles. The van der Waals surface area contributed by atoms with Gasteiger partial charge in [0, 0.05) is 24.0 Å². The number of amides is 1. The normalized spacial score (nSPS) is 15.3. The number of nitrogens with one attached hydrogen (secondary N) is 1. The summed E-state index contributed by atoms with van der Waals surface area (Å²) in [5.41, 5.74) is 0.840. The monoisotopic (exact) mass is 352 g/mol. The average Bonchev–Trinajstić information content (AvgIpc) is 3.40. The molecule has 1 amide bonds. The maximum absolute atomic E-state index is 12.6. The van der Waals surface area contributed by atoms with Crippen molar-refractivity contribution in [3.63, 3.8) is 0 Å². The number of carbonyl (C=O) groups is 1. The quantitative estimate of drug-likeness (QED) is 0.706. The summed E-state index contributed by atoms with van der Waals surface area (Å²) < 4.78 is 2.02. The molecule has 5 nitrogen and oxygen atoms in total. The Morgan fingerprint density at radius 2 is 1.96 bits per heavy atom. The van der Waals surface area contributed by atoms with Crippen molar-refractivity contribution in [3.8, 4) is 0 Å². The van der Waals surface area contributed by atoms with E-state index in [9.17, 15) is 4.79 Å². The molecule has 128 valence electrons. The Bertz CT molecular complexity index is 927. The van der Waals surface area contributed by atoms with Gasteiger partial charge in [-0.1, -0.05) is 48.2 Å². The van der Waals surface area contributed by atoms with E-state index < -0.39 is 0 Å². The first-order valence-corrected chi connectivity index (χ1v) is 9.36. The smallest absolute Gasteiger partial charge is 0.237 e. The molecule has 4 rings (SSSR count). The molecular weight excluding hydrogens is 332 g/mol. The average molecular weight is 352 g/mol. The summed E-state index contributed by atoms with van der Waals surface area (Å²) in [6.07, 6.45) is 2.38. The third-order valence-electron chi connectivity index (χ3n) is 4.51. The molecule has 0 unspecified atom stereocenters. The topological polar surface area (TPSA) is 59.8 Å². The standard InChI is InChI=1S/C19H20N4OS/c1-12(25-19-22-21-17(23(19)2)14-10-11-14)18(24)20-16-9-5-7-13-6-3-4-8-15(13)16/h3-9,12,14H,10-11H2,1-2H3,(H,20,24)/t12-/m0/s1. The van der Waals surface area contributed by atoms with Gasteiger partial charge in [0.2, 0.25) is 5.91 Å². The molecule has 25 heavy (non-hydrogen) atoms. The lowest BCUT2D eigenvalue weighted by molar-refractivity contribution is -0.115. The predicted octanol–water partition coefficient (Wildman–Crippen LogP) is 3.97. The zero-order valence-electron chi connectivity index (χ0n) is 14.3. The largest absolute Gasteiger partial charge is 0.325 e. The number of aromatic nitrogens is 3. The van der Waals surface area contributed by atoms with Crippen molar-refractivity contribution in [2.75, 3.05) is 5.32 Å². The fourth-order valence-corrected chi connectivity index (χ4v) is 3.73. The lowest BCUT2D eigenvalue weighted by Gasteiger charge is -2.13. The maximum atomic E-state index is 12.6. The molecule has 6 heteroatoms. The summed E-state index contributed by atoms with van der Waals surface area (Å²) in [7, 11) is 1.98. The van der Waals surface area contributed by atoms with Crippen LogP contribution in [0.1, 0.15) is 31.5 Å². The van der Waals surface area contributed by atoms with Gasteiger partial charge in [-0.3, -0.25) is 4.79 Å². The highest BCUT2D eigenvalue weighted by atomic mass is 32.2. The van der Waals surface area contributed by atoms with Gasteiger partial charge >= 0.3 is 0 Å². The minimum Gasteiger partial charge on any atom is -0.325 e. The Kier molecular flexibility index (Phi) is 4.21. The number of thioether (sulfide) groups is 1. The van der Waals surface area contributed by atoms with Crippen molar-refractivity contribution in [2.24, 2.45) is 7.05 Å². The highest BCUT2D eigenvalue weighted by Crippen LogP contribution is 2.39. The molecule has 0 spiro atoms. The number of hydrogen-bond acceptors (Lipinski definition) is 4. The molecule has 3 aromatic rings. The second-order valence-corrected chi connectivity index (χ2v) is 7.76. The highest BCUT2D eigenvalue weighted by molar-refractivity contribution is 8.00. The Labute approximate surface area is 150 Å². The number of rotatable bonds is 5. The molecule has 1 heterocycles. The number of benzene rings is 2. The minimum absolute atomic E-state index is 0.0303. The Balaban J connectivity index is 1.48. The van der Waals surface area contributed by atoms with Gasteiger partial charge in [0.1, 0.15) is 5.82 Å². The van der Waals surface area contributed by atoms with Gasteiger partial charge < -0.3 is 9.88 Å². The third-order valence-corrected chi connectivity index (χ3v) is 5.64. The van der Waals surface area contributed by atoms with E-state index in [1.165, 1.54) is 24.6 Å². The lowest BCUT2D eigenvalue weighted by atomic mass is 10.1. The first-order valence-electron chi connectivity index (χ1n) is 8.48. The zero-order chi connectivity index (χ0) is 17.4. The van der Waals surface area contributed by atoms with Crippen LogP contribution in [-0.4, -0.2) is 25.9 Å². The zero-order valence-corrected chi connectivity index (χ0v) is 15.1. The van der Waals surface area contributed by atoms with E-state index in [-0.39, 0.29) is 11.2 Å². The van der Waals surface area contributed by atoms with E-state index >= 15 is 0 Å². The molecule has 0 radical (unpaired) electrons. The Hall–Kier alpha value is -2.34. The van der Waals surface area contributed by atoms with E-state index in [1.807, 2.05) is 61.0 Å². The first kappa shape index (κ1) is 16.1. The number of fused-ring (bicyclic) bond motifs is 1. The van der Waals surface area contributed by atoms with Crippen LogP contribution in [-0.2, 0) is 11.8 Å². The summed E-state index contributed by atoms with van der Waals surface area (Å²) in [4.78, 5) is 12.6. The third kappa shape index (κ3) is 3.26. The summed E-state index contributed by atoms with van der Waals surface area (Å²) in [5.74, 6) is 1.55. The van der Waals surface area contributed by atoms with Gasteiger partial charge in [-0.25, -0.2) is 0 Å². The van der Waals surface area contributed by atoms with Crippen LogP contribution in [0.15, 0.2) is 47.6 Å². The van der Waals surface area contributed by atoms with Gasteiger partial charge in [0.05, 0.1) is 5.25 Å². The number of hydrogen-bond donors (Lipinski definition) is 1. The number of anilines is 1. The van der Waals surface area contributed by atoms with Crippen molar-refractivity contribution in [1.82, 2.24) is 14.8 Å². The van der Waals surface area contributed by atoms with Gasteiger partial charge in [-0.05, 0) is 31.2 Å². The summed E-state index contributed by atoms with van der Waals surface area (Å²) in [6.45, 7) is 1.90. The molecule has 1 aromatic heterocycles. The first-order chi connectivity index (χ1) is 12.1. The summed E-state index contributed by atoms with van der Waals surface area (Å²) in [5, 5.41) is 14.3. The van der Waals surface area contributed by atoms with Crippen molar-refractivity contribution < 1.29 is 4.79 Å². The molecule has 1 atom stereocenters. The molecule has 1 saturated carbocycles. The number of nitrogens with zero attached hydrogens (tertiary/aromatic N) is 3. The van der Waals surface area contributed by atoms with Gasteiger partial charge in [-0.15, -0.1) is 10.2 Å². The molecular formula is C19H20N4OS. The second-order valence-electron chi connectivity index (χ2n) is 6.45. The van der Waals surface area contributed by atoms with Gasteiger partial charge in [0.15, 0.2) is 5.16 Å². The van der Waals surface area contributed by atoms with E-state index in [0.717, 1.165) is 27.4 Å². The van der Waals surface area contributed by atoms with Crippen molar-refractivity contribution in [1.29, 1.82) is 0 Å². The van der Waals surface area contributed by atoms with Crippen LogP contribution < -0.4 is 5.32 Å². The minimum atomic E-state index is -0.256. The second kappa shape index (κ2) is 6.52. The molecule has 1 aliphatic carbocycles. The van der Waals surface area contributed by atoms with Crippen LogP contribution in [0.4, 0.5) is 5.69 Å². The molecule has 0 bridgehead atoms.